The smallest absolute Gasteiger partial charge is 0.0988 e. The summed E-state index contributed by atoms with van der Waals surface area (Å²) < 4.78 is 0. The van der Waals surface area contributed by atoms with E-state index in [9.17, 15) is 0 Å². The van der Waals surface area contributed by atoms with Crippen molar-refractivity contribution in [3.63, 3.8) is 0 Å². The number of likely N-dealkylation sites (tertiary alicyclic amines) is 1. The van der Waals surface area contributed by atoms with Crippen LogP contribution in [0.25, 0.3) is 0 Å². The Morgan fingerprint density at radius 2 is 2.29 bits per heavy atom. The molecule has 0 aromatic heterocycles. The first-order valence-corrected chi connectivity index (χ1v) is 6.47. The maximum absolute atomic E-state index is 9.02. The van der Waals surface area contributed by atoms with Crippen LogP contribution < -0.4 is 0 Å². The third kappa shape index (κ3) is 3.59. The molecule has 1 fully saturated rings. The lowest BCUT2D eigenvalue weighted by atomic mass is 10.0. The number of rotatable bonds is 4. The molecule has 1 saturated heterocycles. The van der Waals surface area contributed by atoms with Crippen molar-refractivity contribution in [2.75, 3.05) is 13.1 Å². The summed E-state index contributed by atoms with van der Waals surface area (Å²) in [5.41, 5.74) is 0. The van der Waals surface area contributed by atoms with Crippen LogP contribution in [0, 0.1) is 11.3 Å². The van der Waals surface area contributed by atoms with Crippen molar-refractivity contribution in [1.82, 2.24) is 4.90 Å². The van der Waals surface area contributed by atoms with Crippen molar-refractivity contribution in [3.05, 3.63) is 0 Å². The van der Waals surface area contributed by atoms with Crippen LogP contribution >= 0.6 is 15.9 Å². The molecule has 0 bridgehead atoms. The molecule has 2 unspecified atom stereocenters. The van der Waals surface area contributed by atoms with E-state index in [4.69, 9.17) is 5.26 Å². The number of piperidine rings is 1. The fourth-order valence-electron chi connectivity index (χ4n) is 1.94. The van der Waals surface area contributed by atoms with Gasteiger partial charge in [0.05, 0.1) is 12.1 Å². The monoisotopic (exact) mass is 258 g/mol. The van der Waals surface area contributed by atoms with Gasteiger partial charge in [-0.2, -0.15) is 5.26 Å². The molecule has 1 rings (SSSR count). The molecule has 0 aromatic rings. The van der Waals surface area contributed by atoms with E-state index in [1.807, 2.05) is 0 Å². The zero-order chi connectivity index (χ0) is 10.4. The molecule has 0 aliphatic carbocycles. The maximum atomic E-state index is 9.02. The molecule has 0 spiro atoms. The number of hydrogen-bond donors (Lipinski definition) is 0. The van der Waals surface area contributed by atoms with Crippen LogP contribution in [0.3, 0.4) is 0 Å². The second-order valence-corrected chi connectivity index (χ2v) is 5.30. The Balaban J connectivity index is 2.32. The first-order valence-electron chi connectivity index (χ1n) is 5.55. The van der Waals surface area contributed by atoms with Crippen LogP contribution in [0.2, 0.25) is 0 Å². The molecule has 2 atom stereocenters. The van der Waals surface area contributed by atoms with Gasteiger partial charge in [0.2, 0.25) is 0 Å². The number of nitriles is 1. The van der Waals surface area contributed by atoms with Crippen LogP contribution in [0.1, 0.15) is 39.0 Å². The lowest BCUT2D eigenvalue weighted by Crippen LogP contribution is -2.42. The van der Waals surface area contributed by atoms with Crippen LogP contribution in [-0.4, -0.2) is 28.9 Å². The molecule has 1 aliphatic rings. The molecule has 2 nitrogen and oxygen atoms in total. The van der Waals surface area contributed by atoms with Gasteiger partial charge in [0, 0.05) is 11.4 Å². The second-order valence-electron chi connectivity index (χ2n) is 4.01. The highest BCUT2D eigenvalue weighted by molar-refractivity contribution is 9.09. The Morgan fingerprint density at radius 1 is 1.50 bits per heavy atom. The molecule has 0 saturated carbocycles. The topological polar surface area (TPSA) is 27.0 Å². The number of alkyl halides is 1. The lowest BCUT2D eigenvalue weighted by molar-refractivity contribution is 0.186. The summed E-state index contributed by atoms with van der Waals surface area (Å²) in [6.45, 7) is 4.40. The number of hydrogen-bond acceptors (Lipinski definition) is 2. The van der Waals surface area contributed by atoms with Gasteiger partial charge in [0.25, 0.3) is 0 Å². The zero-order valence-electron chi connectivity index (χ0n) is 8.88. The Hall–Kier alpha value is -0.0700. The summed E-state index contributed by atoms with van der Waals surface area (Å²) in [4.78, 5) is 2.89. The van der Waals surface area contributed by atoms with Gasteiger partial charge in [0.15, 0.2) is 0 Å². The molecule has 0 N–H and O–H groups in total. The van der Waals surface area contributed by atoms with E-state index >= 15 is 0 Å². The highest BCUT2D eigenvalue weighted by Crippen LogP contribution is 2.23. The SMILES string of the molecule is CCCCCN1CCC(Br)CC1C#N. The summed E-state index contributed by atoms with van der Waals surface area (Å²) in [5, 5.41) is 9.02. The van der Waals surface area contributed by atoms with Crippen molar-refractivity contribution in [2.45, 2.75) is 49.9 Å². The molecule has 3 heteroatoms. The normalized spacial score (nSPS) is 28.6. The molecular weight excluding hydrogens is 240 g/mol. The fraction of sp³-hybridized carbons (Fsp3) is 0.909. The number of halogens is 1. The van der Waals surface area contributed by atoms with E-state index in [0.717, 1.165) is 19.5 Å². The van der Waals surface area contributed by atoms with Crippen molar-refractivity contribution < 1.29 is 0 Å². The van der Waals surface area contributed by atoms with Crippen molar-refractivity contribution in [1.29, 1.82) is 5.26 Å². The van der Waals surface area contributed by atoms with Crippen molar-refractivity contribution in [2.24, 2.45) is 0 Å². The highest BCUT2D eigenvalue weighted by Gasteiger charge is 2.26. The molecular formula is C11H19BrN2. The average molecular weight is 259 g/mol. The van der Waals surface area contributed by atoms with E-state index in [0.29, 0.717) is 4.83 Å². The lowest BCUT2D eigenvalue weighted by Gasteiger charge is -2.33. The molecule has 0 aromatic carbocycles. The van der Waals surface area contributed by atoms with Crippen LogP contribution in [0.5, 0.6) is 0 Å². The van der Waals surface area contributed by atoms with Gasteiger partial charge in [-0.1, -0.05) is 35.7 Å². The van der Waals surface area contributed by atoms with Gasteiger partial charge in [-0.05, 0) is 25.8 Å². The Bertz CT molecular complexity index is 200. The van der Waals surface area contributed by atoms with Crippen molar-refractivity contribution in [3.8, 4) is 6.07 Å². The highest BCUT2D eigenvalue weighted by atomic mass is 79.9. The largest absolute Gasteiger partial charge is 0.288 e. The third-order valence-corrected chi connectivity index (χ3v) is 3.68. The van der Waals surface area contributed by atoms with E-state index in [2.05, 4.69) is 33.8 Å². The standard InChI is InChI=1S/C11H19BrN2/c1-2-3-4-6-14-7-5-10(12)8-11(14)9-13/h10-11H,2-8H2,1H3. The van der Waals surface area contributed by atoms with E-state index < -0.39 is 0 Å². The van der Waals surface area contributed by atoms with Gasteiger partial charge in [-0.15, -0.1) is 0 Å². The molecule has 0 amide bonds. The molecule has 14 heavy (non-hydrogen) atoms. The number of unbranched alkanes of at least 4 members (excludes halogenated alkanes) is 2. The fourth-order valence-corrected chi connectivity index (χ4v) is 2.50. The zero-order valence-corrected chi connectivity index (χ0v) is 10.5. The van der Waals surface area contributed by atoms with Gasteiger partial charge in [-0.25, -0.2) is 0 Å². The quantitative estimate of drug-likeness (QED) is 0.573. The summed E-state index contributed by atoms with van der Waals surface area (Å²) in [7, 11) is 0. The average Bonchev–Trinajstić information content (AvgIpc) is 2.20. The molecule has 80 valence electrons. The van der Waals surface area contributed by atoms with E-state index in [-0.39, 0.29) is 6.04 Å². The van der Waals surface area contributed by atoms with Crippen LogP contribution in [-0.2, 0) is 0 Å². The van der Waals surface area contributed by atoms with Gasteiger partial charge < -0.3 is 0 Å². The number of nitrogens with zero attached hydrogens (tertiary/aromatic N) is 2. The molecule has 1 aliphatic heterocycles. The minimum Gasteiger partial charge on any atom is -0.288 e. The molecule has 1 heterocycles. The Kier molecular flexibility index (Phi) is 5.50. The van der Waals surface area contributed by atoms with Crippen molar-refractivity contribution >= 4 is 15.9 Å². The minimum absolute atomic E-state index is 0.144. The second kappa shape index (κ2) is 6.42. The van der Waals surface area contributed by atoms with E-state index in [1.54, 1.807) is 0 Å². The van der Waals surface area contributed by atoms with E-state index in [1.165, 1.54) is 25.7 Å². The minimum atomic E-state index is 0.144. The summed E-state index contributed by atoms with van der Waals surface area (Å²) in [5.74, 6) is 0. The first kappa shape index (κ1) is 12.0. The third-order valence-electron chi connectivity index (χ3n) is 2.85. The predicted octanol–water partition coefficient (Wildman–Crippen LogP) is 2.93. The Morgan fingerprint density at radius 3 is 2.93 bits per heavy atom. The molecule has 0 radical (unpaired) electrons. The summed E-state index contributed by atoms with van der Waals surface area (Å²) in [6.07, 6.45) is 5.95. The van der Waals surface area contributed by atoms with Crippen LogP contribution in [0.4, 0.5) is 0 Å². The summed E-state index contributed by atoms with van der Waals surface area (Å²) >= 11 is 3.60. The van der Waals surface area contributed by atoms with Gasteiger partial charge >= 0.3 is 0 Å². The first-order chi connectivity index (χ1) is 6.77. The van der Waals surface area contributed by atoms with Crippen LogP contribution in [0.15, 0.2) is 0 Å². The van der Waals surface area contributed by atoms with Gasteiger partial charge in [0.1, 0.15) is 0 Å². The maximum Gasteiger partial charge on any atom is 0.0988 e. The Labute approximate surface area is 95.4 Å². The summed E-state index contributed by atoms with van der Waals surface area (Å²) in [6, 6.07) is 2.55. The predicted molar refractivity (Wildman–Crippen MR) is 62.4 cm³/mol. The van der Waals surface area contributed by atoms with Gasteiger partial charge in [-0.3, -0.25) is 4.90 Å².